The average molecular weight is 875 g/mol. The number of carbonyl (C=O) groups is 3. The number of aromatic hydroxyl groups is 2. The van der Waals surface area contributed by atoms with Crippen LogP contribution in [0.25, 0.3) is 0 Å². The number of hydrogen-bond acceptors (Lipinski definition) is 15. The number of nitrogens with zero attached hydrogens (tertiary/aromatic N) is 4. The highest BCUT2D eigenvalue weighted by Gasteiger charge is 2.63. The van der Waals surface area contributed by atoms with Crippen LogP contribution in [-0.4, -0.2) is 108 Å². The van der Waals surface area contributed by atoms with Crippen molar-refractivity contribution in [3.8, 4) is 46.3 Å². The number of likely N-dealkylation sites (N-methyl/N-ethyl adjacent to an activating group) is 1. The fourth-order valence-electron chi connectivity index (χ4n) is 11.3. The number of rotatable bonds is 4. The van der Waals surface area contributed by atoms with Gasteiger partial charge in [0, 0.05) is 59.1 Å². The van der Waals surface area contributed by atoms with Gasteiger partial charge in [0.2, 0.25) is 6.79 Å². The normalized spacial score (nSPS) is 26.7. The summed E-state index contributed by atoms with van der Waals surface area (Å²) in [5, 5.41) is 33.8. The highest BCUT2D eigenvalue weighted by atomic mass is 32.2. The highest BCUT2D eigenvalue weighted by Crippen LogP contribution is 2.65. The van der Waals surface area contributed by atoms with E-state index in [0.717, 1.165) is 11.1 Å². The number of piperazine rings is 1. The molecule has 2 saturated heterocycles. The summed E-state index contributed by atoms with van der Waals surface area (Å²) >= 11 is 1.36. The van der Waals surface area contributed by atoms with E-state index < -0.39 is 52.8 Å². The van der Waals surface area contributed by atoms with Gasteiger partial charge >= 0.3 is 11.9 Å². The van der Waals surface area contributed by atoms with E-state index in [1.54, 1.807) is 48.2 Å². The Morgan fingerprint density at radius 2 is 1.73 bits per heavy atom. The number of benzene rings is 4. The minimum absolute atomic E-state index is 0.00549. The molecule has 7 atom stereocenters. The summed E-state index contributed by atoms with van der Waals surface area (Å²) in [5.74, 6) is -0.366. The minimum Gasteiger partial charge on any atom is -0.504 e. The molecule has 1 amide bonds. The van der Waals surface area contributed by atoms with E-state index in [2.05, 4.69) is 15.9 Å². The Morgan fingerprint density at radius 3 is 2.44 bits per heavy atom. The van der Waals surface area contributed by atoms with Crippen molar-refractivity contribution in [3.05, 3.63) is 98.6 Å². The van der Waals surface area contributed by atoms with Crippen molar-refractivity contribution in [1.82, 2.24) is 14.7 Å². The molecule has 0 radical (unpaired) electrons. The summed E-state index contributed by atoms with van der Waals surface area (Å²) in [7, 11) is 4.90. The lowest BCUT2D eigenvalue weighted by atomic mass is 9.71. The molecule has 16 heteroatoms. The van der Waals surface area contributed by atoms with Crippen LogP contribution in [0.4, 0.5) is 0 Å². The topological polar surface area (TPSA) is 181 Å². The van der Waals surface area contributed by atoms with Crippen molar-refractivity contribution in [1.29, 1.82) is 5.26 Å². The van der Waals surface area contributed by atoms with Crippen molar-refractivity contribution in [2.24, 2.45) is 0 Å². The van der Waals surface area contributed by atoms with E-state index in [1.807, 2.05) is 26.1 Å². The largest absolute Gasteiger partial charge is 0.504 e. The summed E-state index contributed by atoms with van der Waals surface area (Å²) in [5.41, 5.74) is 3.66. The Kier molecular flexibility index (Phi) is 9.73. The SMILES string of the molecule is COc1cc2c(cc1O)CCN(C(=O)c1ccccc1)[C@]21CS[C@@H]2c3c(OC(C)=O)c(C)c4c(c3[C@@H](COC1=O)N1[C@@H]2[C@H]2c3c(cc(C)c(OC)c3O)C[C@@H]([C@@H]1C#N)N2C)OCO4. The summed E-state index contributed by atoms with van der Waals surface area (Å²) in [6.45, 7) is 4.70. The van der Waals surface area contributed by atoms with Crippen LogP contribution in [-0.2, 0) is 32.7 Å². The molecule has 63 heavy (non-hydrogen) atoms. The van der Waals surface area contributed by atoms with Gasteiger partial charge in [0.25, 0.3) is 5.91 Å². The molecule has 326 valence electrons. The molecular formula is C47H46N4O11S. The van der Waals surface area contributed by atoms with Crippen LogP contribution in [0.1, 0.15) is 79.1 Å². The van der Waals surface area contributed by atoms with E-state index in [9.17, 15) is 25.1 Å². The number of phenols is 2. The number of hydrogen-bond donors (Lipinski definition) is 2. The quantitative estimate of drug-likeness (QED) is 0.193. The molecule has 1 spiro atoms. The summed E-state index contributed by atoms with van der Waals surface area (Å²) in [6.07, 6.45) is 0.764. The smallest absolute Gasteiger partial charge is 0.337 e. The number of methoxy groups -OCH3 is 2. The molecule has 7 aliphatic heterocycles. The molecule has 2 fully saturated rings. The Bertz CT molecular complexity index is 2670. The lowest BCUT2D eigenvalue weighted by molar-refractivity contribution is -0.162. The predicted molar refractivity (Wildman–Crippen MR) is 227 cm³/mol. The molecule has 0 unspecified atom stereocenters. The number of aryl methyl sites for hydroxylation is 1. The van der Waals surface area contributed by atoms with Crippen molar-refractivity contribution >= 4 is 29.6 Å². The van der Waals surface area contributed by atoms with Gasteiger partial charge in [-0.25, -0.2) is 4.79 Å². The van der Waals surface area contributed by atoms with Gasteiger partial charge in [-0.3, -0.25) is 19.4 Å². The monoisotopic (exact) mass is 874 g/mol. The van der Waals surface area contributed by atoms with Crippen molar-refractivity contribution in [2.45, 2.75) is 74.6 Å². The second-order valence-electron chi connectivity index (χ2n) is 16.9. The van der Waals surface area contributed by atoms with Gasteiger partial charge in [-0.1, -0.05) is 24.3 Å². The zero-order valence-electron chi connectivity index (χ0n) is 35.6. The van der Waals surface area contributed by atoms with Crippen LogP contribution in [0.15, 0.2) is 48.5 Å². The average Bonchev–Trinajstić information content (AvgIpc) is 3.76. The second-order valence-corrected chi connectivity index (χ2v) is 18.1. The Morgan fingerprint density at radius 1 is 0.968 bits per heavy atom. The molecule has 4 bridgehead atoms. The van der Waals surface area contributed by atoms with Gasteiger partial charge in [0.1, 0.15) is 18.4 Å². The first-order valence-electron chi connectivity index (χ1n) is 20.8. The Hall–Kier alpha value is -6.15. The van der Waals surface area contributed by atoms with E-state index in [1.165, 1.54) is 32.9 Å². The number of nitriles is 1. The van der Waals surface area contributed by atoms with Crippen LogP contribution in [0.3, 0.4) is 0 Å². The third-order valence-electron chi connectivity index (χ3n) is 13.9. The van der Waals surface area contributed by atoms with Gasteiger partial charge in [-0.2, -0.15) is 5.26 Å². The van der Waals surface area contributed by atoms with Gasteiger partial charge < -0.3 is 43.5 Å². The molecule has 0 saturated carbocycles. The first-order chi connectivity index (χ1) is 30.4. The number of fused-ring (bicyclic) bond motifs is 9. The van der Waals surface area contributed by atoms with E-state index in [4.69, 9.17) is 28.4 Å². The van der Waals surface area contributed by atoms with Crippen LogP contribution in [0.2, 0.25) is 0 Å². The fraction of sp³-hybridized carbons (Fsp3) is 0.404. The van der Waals surface area contributed by atoms with E-state index >= 15 is 4.79 Å². The number of carbonyl (C=O) groups excluding carboxylic acids is 3. The molecular weight excluding hydrogens is 829 g/mol. The maximum Gasteiger partial charge on any atom is 0.337 e. The number of esters is 2. The standard InChI is InChI=1S/C47H46N4O11S/c1-22-14-27-15-29-30(18-48)51-31-19-59-46(56)47(28-17-33(57-5)32(53)16-26(28)12-13-50(47)45(55)25-10-8-7-9-11-25)20-63-44(38(51)37(49(29)4)34(27)39(54)40(22)58-6)36-35(31)43-42(60-21-61-43)23(2)41(36)62-24(3)52/h7-11,14,16-17,29-31,37-38,44,53-54H,12-13,15,19-21H2,1-6H3/t29-,30-,31+,37+,38+,44+,47+/m0/s1. The molecule has 2 N–H and O–H groups in total. The van der Waals surface area contributed by atoms with Crippen LogP contribution >= 0.6 is 11.8 Å². The van der Waals surface area contributed by atoms with Crippen molar-refractivity contribution in [3.63, 3.8) is 0 Å². The fourth-order valence-corrected chi connectivity index (χ4v) is 13.0. The van der Waals surface area contributed by atoms with E-state index in [-0.39, 0.29) is 54.7 Å². The third kappa shape index (κ3) is 5.75. The number of phenolic OH excluding ortho intramolecular Hbond substituents is 2. The lowest BCUT2D eigenvalue weighted by Crippen LogP contribution is -2.69. The van der Waals surface area contributed by atoms with E-state index in [0.29, 0.717) is 69.0 Å². The Balaban J connectivity index is 1.27. The first-order valence-corrected chi connectivity index (χ1v) is 21.9. The predicted octanol–water partition coefficient (Wildman–Crippen LogP) is 5.54. The van der Waals surface area contributed by atoms with Gasteiger partial charge in [-0.05, 0) is 80.3 Å². The van der Waals surface area contributed by atoms with Gasteiger partial charge in [0.05, 0.1) is 37.6 Å². The zero-order valence-corrected chi connectivity index (χ0v) is 36.4. The van der Waals surface area contributed by atoms with Crippen molar-refractivity contribution < 1.29 is 53.0 Å². The van der Waals surface area contributed by atoms with Gasteiger partial charge in [0.15, 0.2) is 40.0 Å². The number of ether oxygens (including phenoxy) is 6. The highest BCUT2D eigenvalue weighted by molar-refractivity contribution is 7.99. The number of amides is 1. The molecule has 4 aromatic rings. The summed E-state index contributed by atoms with van der Waals surface area (Å²) in [4.78, 5) is 49.5. The molecule has 0 aliphatic carbocycles. The van der Waals surface area contributed by atoms with Crippen molar-refractivity contribution in [2.75, 3.05) is 47.0 Å². The second kappa shape index (κ2) is 15.0. The Labute approximate surface area is 368 Å². The maximum atomic E-state index is 15.6. The minimum atomic E-state index is -1.79. The van der Waals surface area contributed by atoms with Crippen LogP contribution in [0, 0.1) is 25.2 Å². The van der Waals surface area contributed by atoms with Crippen LogP contribution in [0.5, 0.6) is 40.2 Å². The molecule has 15 nitrogen and oxygen atoms in total. The number of thioether (sulfide) groups is 1. The van der Waals surface area contributed by atoms with Gasteiger partial charge in [-0.15, -0.1) is 11.8 Å². The molecule has 7 heterocycles. The third-order valence-corrected chi connectivity index (χ3v) is 15.4. The molecule has 0 aromatic heterocycles. The van der Waals surface area contributed by atoms with Crippen LogP contribution < -0.4 is 23.7 Å². The summed E-state index contributed by atoms with van der Waals surface area (Å²) < 4.78 is 36.6. The maximum absolute atomic E-state index is 15.6. The lowest BCUT2D eigenvalue weighted by Gasteiger charge is -2.62. The molecule has 11 rings (SSSR count). The summed E-state index contributed by atoms with van der Waals surface area (Å²) in [6, 6.07) is 13.4. The molecule has 4 aromatic carbocycles. The molecule has 7 aliphatic rings. The zero-order chi connectivity index (χ0) is 44.2. The first kappa shape index (κ1) is 40.9.